The first kappa shape index (κ1) is 13.9. The van der Waals surface area contributed by atoms with E-state index in [2.05, 4.69) is 21.3 Å². The molecule has 0 amide bonds. The van der Waals surface area contributed by atoms with E-state index in [1.54, 1.807) is 0 Å². The van der Waals surface area contributed by atoms with Crippen LogP contribution in [-0.2, 0) is 6.54 Å². The van der Waals surface area contributed by atoms with Gasteiger partial charge >= 0.3 is 0 Å². The molecule has 1 heterocycles. The maximum absolute atomic E-state index is 8.68. The minimum atomic E-state index is 0.636. The number of hydrogen-bond acceptors (Lipinski definition) is 4. The Morgan fingerprint density at radius 1 is 1.42 bits per heavy atom. The molecule has 1 aromatic rings. The van der Waals surface area contributed by atoms with Gasteiger partial charge in [0.05, 0.1) is 5.69 Å². The molecule has 0 spiro atoms. The maximum Gasteiger partial charge on any atom is 0.183 e. The molecular formula is C14H18N4S. The topological polar surface area (TPSA) is 51.4 Å². The molecule has 0 bridgehead atoms. The van der Waals surface area contributed by atoms with Crippen LogP contribution in [0.15, 0.2) is 29.3 Å². The van der Waals surface area contributed by atoms with Gasteiger partial charge in [0.2, 0.25) is 0 Å². The number of nitrogens with zero attached hydrogens (tertiary/aromatic N) is 3. The van der Waals surface area contributed by atoms with E-state index in [0.29, 0.717) is 5.17 Å². The summed E-state index contributed by atoms with van der Waals surface area (Å²) in [6.45, 7) is 3.28. The van der Waals surface area contributed by atoms with Crippen molar-refractivity contribution in [2.24, 2.45) is 4.99 Å². The van der Waals surface area contributed by atoms with Gasteiger partial charge in [0.1, 0.15) is 0 Å². The van der Waals surface area contributed by atoms with Crippen LogP contribution in [0.4, 0.5) is 5.69 Å². The Morgan fingerprint density at radius 3 is 2.84 bits per heavy atom. The van der Waals surface area contributed by atoms with E-state index in [1.165, 1.54) is 43.3 Å². The highest BCUT2D eigenvalue weighted by Gasteiger charge is 2.13. The Morgan fingerprint density at radius 2 is 2.16 bits per heavy atom. The van der Waals surface area contributed by atoms with Crippen LogP contribution >= 0.6 is 11.8 Å². The minimum Gasteiger partial charge on any atom is -0.299 e. The van der Waals surface area contributed by atoms with Gasteiger partial charge in [-0.3, -0.25) is 10.2 Å². The van der Waals surface area contributed by atoms with Crippen molar-refractivity contribution >= 4 is 22.6 Å². The van der Waals surface area contributed by atoms with Crippen LogP contribution in [0.2, 0.25) is 0 Å². The summed E-state index contributed by atoms with van der Waals surface area (Å²) in [5, 5.41) is 11.9. The number of benzene rings is 1. The molecule has 100 valence electrons. The lowest BCUT2D eigenvalue weighted by molar-refractivity contribution is 0.332. The Labute approximate surface area is 118 Å². The second-order valence-corrected chi connectivity index (χ2v) is 5.26. The van der Waals surface area contributed by atoms with Gasteiger partial charge in [0.25, 0.3) is 0 Å². The van der Waals surface area contributed by atoms with E-state index in [9.17, 15) is 0 Å². The second kappa shape index (κ2) is 7.17. The van der Waals surface area contributed by atoms with E-state index >= 15 is 0 Å². The van der Waals surface area contributed by atoms with E-state index < -0.39 is 0 Å². The zero-order valence-corrected chi connectivity index (χ0v) is 11.9. The number of para-hydroxylation sites is 1. The first-order chi connectivity index (χ1) is 9.33. The van der Waals surface area contributed by atoms with Gasteiger partial charge < -0.3 is 0 Å². The fourth-order valence-electron chi connectivity index (χ4n) is 2.22. The first-order valence-electron chi connectivity index (χ1n) is 6.41. The van der Waals surface area contributed by atoms with E-state index in [0.717, 1.165) is 12.2 Å². The molecule has 1 saturated heterocycles. The molecule has 2 rings (SSSR count). The molecule has 1 aromatic carbocycles. The highest BCUT2D eigenvalue weighted by Crippen LogP contribution is 2.23. The maximum atomic E-state index is 8.68. The Kier molecular flexibility index (Phi) is 5.25. The number of hydrogen-bond donors (Lipinski definition) is 1. The molecule has 1 aliphatic heterocycles. The summed E-state index contributed by atoms with van der Waals surface area (Å²) < 4.78 is 0. The van der Waals surface area contributed by atoms with Crippen molar-refractivity contribution in [3.63, 3.8) is 0 Å². The number of thioether (sulfide) groups is 1. The zero-order valence-electron chi connectivity index (χ0n) is 11.1. The highest BCUT2D eigenvalue weighted by molar-refractivity contribution is 8.13. The predicted molar refractivity (Wildman–Crippen MR) is 80.3 cm³/mol. The van der Waals surface area contributed by atoms with Gasteiger partial charge in [-0.25, -0.2) is 4.99 Å². The standard InChI is InChI=1S/C14H18N4S/c1-19-14(16-11-15)17-13-7-3-2-6-12(13)10-18-8-4-5-9-18/h2-3,6-7H,4-5,8-10H2,1H3,(H,16,17). The lowest BCUT2D eigenvalue weighted by atomic mass is 10.1. The molecule has 5 heteroatoms. The SMILES string of the molecule is CSC(=Nc1ccccc1CN1CCCC1)NC#N. The lowest BCUT2D eigenvalue weighted by Gasteiger charge is -2.16. The molecule has 0 aliphatic carbocycles. The number of aliphatic imine (C=N–C) groups is 1. The van der Waals surface area contributed by atoms with Crippen molar-refractivity contribution < 1.29 is 0 Å². The molecule has 0 unspecified atom stereocenters. The number of amidine groups is 1. The quantitative estimate of drug-likeness (QED) is 0.398. The van der Waals surface area contributed by atoms with Crippen LogP contribution in [0.3, 0.4) is 0 Å². The van der Waals surface area contributed by atoms with Crippen molar-refractivity contribution in [1.29, 1.82) is 5.26 Å². The largest absolute Gasteiger partial charge is 0.299 e. The van der Waals surface area contributed by atoms with Crippen molar-refractivity contribution in [3.05, 3.63) is 29.8 Å². The van der Waals surface area contributed by atoms with E-state index in [1.807, 2.05) is 30.6 Å². The number of nitriles is 1. The van der Waals surface area contributed by atoms with Gasteiger partial charge in [-0.2, -0.15) is 5.26 Å². The smallest absolute Gasteiger partial charge is 0.183 e. The highest BCUT2D eigenvalue weighted by atomic mass is 32.2. The Bertz CT molecular complexity index is 486. The van der Waals surface area contributed by atoms with Crippen molar-refractivity contribution in [1.82, 2.24) is 10.2 Å². The summed E-state index contributed by atoms with van der Waals surface area (Å²) >= 11 is 1.44. The van der Waals surface area contributed by atoms with Crippen LogP contribution in [0.5, 0.6) is 0 Å². The average molecular weight is 274 g/mol. The fraction of sp³-hybridized carbons (Fsp3) is 0.429. The summed E-state index contributed by atoms with van der Waals surface area (Å²) in [7, 11) is 0. The second-order valence-electron chi connectivity index (χ2n) is 4.47. The molecule has 1 fully saturated rings. The number of nitrogens with one attached hydrogen (secondary N) is 1. The molecule has 1 aliphatic rings. The van der Waals surface area contributed by atoms with Crippen LogP contribution in [0.25, 0.3) is 0 Å². The molecule has 0 aromatic heterocycles. The van der Waals surface area contributed by atoms with Gasteiger partial charge in [-0.05, 0) is 43.8 Å². The average Bonchev–Trinajstić information content (AvgIpc) is 2.93. The number of likely N-dealkylation sites (tertiary alicyclic amines) is 1. The third kappa shape index (κ3) is 3.98. The molecular weight excluding hydrogens is 256 g/mol. The Hall–Kier alpha value is -1.51. The van der Waals surface area contributed by atoms with E-state index in [-0.39, 0.29) is 0 Å². The summed E-state index contributed by atoms with van der Waals surface area (Å²) in [4.78, 5) is 6.98. The van der Waals surface area contributed by atoms with E-state index in [4.69, 9.17) is 5.26 Å². The first-order valence-corrected chi connectivity index (χ1v) is 7.64. The van der Waals surface area contributed by atoms with Crippen LogP contribution in [-0.4, -0.2) is 29.4 Å². The van der Waals surface area contributed by atoms with Gasteiger partial charge in [0.15, 0.2) is 11.4 Å². The predicted octanol–water partition coefficient (Wildman–Crippen LogP) is 2.70. The van der Waals surface area contributed by atoms with Gasteiger partial charge in [-0.1, -0.05) is 30.0 Å². The number of rotatable bonds is 3. The third-order valence-electron chi connectivity index (χ3n) is 3.16. The molecule has 4 nitrogen and oxygen atoms in total. The molecule has 0 atom stereocenters. The van der Waals surface area contributed by atoms with Gasteiger partial charge in [-0.15, -0.1) is 0 Å². The molecule has 0 saturated carbocycles. The summed E-state index contributed by atoms with van der Waals surface area (Å²) in [5.74, 6) is 0. The zero-order chi connectivity index (χ0) is 13.5. The third-order valence-corrected chi connectivity index (χ3v) is 3.74. The Balaban J connectivity index is 2.17. The van der Waals surface area contributed by atoms with Crippen LogP contribution < -0.4 is 5.32 Å². The summed E-state index contributed by atoms with van der Waals surface area (Å²) in [6, 6.07) is 8.14. The van der Waals surface area contributed by atoms with Crippen LogP contribution in [0, 0.1) is 11.5 Å². The summed E-state index contributed by atoms with van der Waals surface area (Å²) in [5.41, 5.74) is 2.16. The fourth-order valence-corrected chi connectivity index (χ4v) is 2.55. The molecule has 0 radical (unpaired) electrons. The minimum absolute atomic E-state index is 0.636. The van der Waals surface area contributed by atoms with Crippen molar-refractivity contribution in [2.75, 3.05) is 19.3 Å². The van der Waals surface area contributed by atoms with Crippen LogP contribution in [0.1, 0.15) is 18.4 Å². The van der Waals surface area contributed by atoms with Crippen molar-refractivity contribution in [3.8, 4) is 6.19 Å². The van der Waals surface area contributed by atoms with Crippen molar-refractivity contribution in [2.45, 2.75) is 19.4 Å². The molecule has 1 N–H and O–H groups in total. The normalized spacial score (nSPS) is 16.3. The monoisotopic (exact) mass is 274 g/mol. The molecule has 19 heavy (non-hydrogen) atoms. The summed E-state index contributed by atoms with van der Waals surface area (Å²) in [6.07, 6.45) is 6.41. The van der Waals surface area contributed by atoms with Gasteiger partial charge in [0, 0.05) is 6.54 Å². The lowest BCUT2D eigenvalue weighted by Crippen LogP contribution is -2.18.